The maximum Gasteiger partial charge on any atom is 0.497 e. The van der Waals surface area contributed by atoms with Gasteiger partial charge < -0.3 is 9.31 Å². The molecule has 0 aliphatic carbocycles. The summed E-state index contributed by atoms with van der Waals surface area (Å²) in [6, 6.07) is 3.56. The number of aldehydes is 1. The average molecular weight is 281 g/mol. The minimum atomic E-state index is -0.613. The zero-order valence-corrected chi connectivity index (χ0v) is 12.7. The van der Waals surface area contributed by atoms with Gasteiger partial charge >= 0.3 is 7.12 Å². The summed E-state index contributed by atoms with van der Waals surface area (Å²) in [4.78, 5) is 11.2. The molecule has 2 rings (SSSR count). The van der Waals surface area contributed by atoms with Crippen LogP contribution in [-0.4, -0.2) is 24.6 Å². The summed E-state index contributed by atoms with van der Waals surface area (Å²) < 4.78 is 11.9. The van der Waals surface area contributed by atoms with Gasteiger partial charge in [-0.2, -0.15) is 0 Å². The van der Waals surface area contributed by atoms with E-state index < -0.39 is 18.3 Å². The minimum absolute atomic E-state index is 0.453. The molecule has 1 aromatic carbocycles. The van der Waals surface area contributed by atoms with Gasteiger partial charge in [0, 0.05) is 16.0 Å². The third-order valence-corrected chi connectivity index (χ3v) is 4.52. The highest BCUT2D eigenvalue weighted by molar-refractivity contribution is 6.67. The zero-order valence-electron chi connectivity index (χ0n) is 11.9. The van der Waals surface area contributed by atoms with E-state index in [0.717, 1.165) is 11.8 Å². The highest BCUT2D eigenvalue weighted by Gasteiger charge is 2.52. The van der Waals surface area contributed by atoms with Crippen LogP contribution in [0.3, 0.4) is 0 Å². The quantitative estimate of drug-likeness (QED) is 0.617. The third kappa shape index (κ3) is 2.33. The Labute approximate surface area is 119 Å². The van der Waals surface area contributed by atoms with Crippen LogP contribution in [0.15, 0.2) is 12.1 Å². The second kappa shape index (κ2) is 4.62. The Hall–Kier alpha value is -0.835. The van der Waals surface area contributed by atoms with E-state index in [-0.39, 0.29) is 0 Å². The molecule has 3 nitrogen and oxygen atoms in total. The second-order valence-electron chi connectivity index (χ2n) is 5.91. The summed E-state index contributed by atoms with van der Waals surface area (Å²) in [6.07, 6.45) is 0.783. The van der Waals surface area contributed by atoms with Crippen LogP contribution >= 0.6 is 11.6 Å². The lowest BCUT2D eigenvalue weighted by molar-refractivity contribution is 0.00578. The van der Waals surface area contributed by atoms with Crippen molar-refractivity contribution < 1.29 is 14.1 Å². The Kier molecular flexibility index (Phi) is 3.54. The van der Waals surface area contributed by atoms with Crippen molar-refractivity contribution in [3.05, 3.63) is 28.3 Å². The van der Waals surface area contributed by atoms with Crippen molar-refractivity contribution in [3.8, 4) is 0 Å². The van der Waals surface area contributed by atoms with E-state index in [2.05, 4.69) is 0 Å². The molecular weight excluding hydrogens is 262 g/mol. The smallest absolute Gasteiger partial charge is 0.399 e. The summed E-state index contributed by atoms with van der Waals surface area (Å²) >= 11 is 6.32. The van der Waals surface area contributed by atoms with Crippen LogP contribution in [-0.2, 0) is 9.31 Å². The van der Waals surface area contributed by atoms with Gasteiger partial charge in [-0.3, -0.25) is 4.79 Å². The van der Waals surface area contributed by atoms with Crippen LogP contribution in [0.1, 0.15) is 43.6 Å². The first-order valence-corrected chi connectivity index (χ1v) is 6.67. The largest absolute Gasteiger partial charge is 0.497 e. The fourth-order valence-corrected chi connectivity index (χ4v) is 2.28. The van der Waals surface area contributed by atoms with Gasteiger partial charge in [0.1, 0.15) is 6.29 Å². The van der Waals surface area contributed by atoms with E-state index in [9.17, 15) is 4.79 Å². The second-order valence-corrected chi connectivity index (χ2v) is 6.28. The number of hydrogen-bond donors (Lipinski definition) is 0. The first kappa shape index (κ1) is 14.6. The average Bonchev–Trinajstić information content (AvgIpc) is 2.51. The fourth-order valence-electron chi connectivity index (χ4n) is 2.02. The Morgan fingerprint density at radius 2 is 1.68 bits per heavy atom. The number of benzene rings is 1. The zero-order chi connectivity index (χ0) is 14.4. The van der Waals surface area contributed by atoms with Crippen LogP contribution in [0.4, 0.5) is 0 Å². The third-order valence-electron chi connectivity index (χ3n) is 4.02. The molecule has 0 saturated carbocycles. The van der Waals surface area contributed by atoms with Crippen molar-refractivity contribution in [1.29, 1.82) is 0 Å². The van der Waals surface area contributed by atoms with Crippen LogP contribution in [0.25, 0.3) is 0 Å². The monoisotopic (exact) mass is 280 g/mol. The molecule has 0 bridgehead atoms. The van der Waals surface area contributed by atoms with Crippen molar-refractivity contribution in [2.24, 2.45) is 0 Å². The van der Waals surface area contributed by atoms with Gasteiger partial charge in [0.05, 0.1) is 11.2 Å². The molecule has 0 radical (unpaired) electrons. The topological polar surface area (TPSA) is 35.5 Å². The highest BCUT2D eigenvalue weighted by atomic mass is 35.5. The lowest BCUT2D eigenvalue weighted by Crippen LogP contribution is -2.41. The number of hydrogen-bond acceptors (Lipinski definition) is 3. The first-order chi connectivity index (χ1) is 8.69. The molecule has 102 valence electrons. The maximum absolute atomic E-state index is 11.2. The molecule has 1 saturated heterocycles. The van der Waals surface area contributed by atoms with Crippen molar-refractivity contribution in [2.45, 2.75) is 45.8 Å². The van der Waals surface area contributed by atoms with Gasteiger partial charge in [0.25, 0.3) is 0 Å². The summed E-state index contributed by atoms with van der Waals surface area (Å²) in [7, 11) is -0.613. The molecule has 0 atom stereocenters. The molecule has 5 heteroatoms. The van der Waals surface area contributed by atoms with Crippen molar-refractivity contribution in [3.63, 3.8) is 0 Å². The molecular formula is C14H18BClO3. The van der Waals surface area contributed by atoms with Gasteiger partial charge in [-0.05, 0) is 40.2 Å². The van der Waals surface area contributed by atoms with E-state index in [0.29, 0.717) is 16.0 Å². The molecule has 0 unspecified atom stereocenters. The fraction of sp³-hybridized carbons (Fsp3) is 0.500. The molecule has 1 heterocycles. The lowest BCUT2D eigenvalue weighted by atomic mass is 9.75. The number of halogens is 1. The minimum Gasteiger partial charge on any atom is -0.399 e. The molecule has 19 heavy (non-hydrogen) atoms. The molecule has 0 N–H and O–H groups in total. The Balaban J connectivity index is 2.50. The predicted octanol–water partition coefficient (Wildman–Crippen LogP) is 2.76. The molecule has 0 spiro atoms. The number of aryl methyl sites for hydroxylation is 1. The standard InChI is InChI=1S/C14H18BClO3/c1-9-6-7-10(8-17)11(12(9)16)15-18-13(2,3)14(4,5)19-15/h6-8H,1-5H3. The molecule has 1 fully saturated rings. The number of carbonyl (C=O) groups is 1. The Morgan fingerprint density at radius 3 is 2.16 bits per heavy atom. The van der Waals surface area contributed by atoms with Crippen LogP contribution < -0.4 is 5.46 Å². The van der Waals surface area contributed by atoms with Gasteiger partial charge in [0.2, 0.25) is 0 Å². The van der Waals surface area contributed by atoms with E-state index in [1.165, 1.54) is 0 Å². The van der Waals surface area contributed by atoms with E-state index >= 15 is 0 Å². The Morgan fingerprint density at radius 1 is 1.16 bits per heavy atom. The van der Waals surface area contributed by atoms with E-state index in [4.69, 9.17) is 20.9 Å². The molecule has 1 aliphatic heterocycles. The lowest BCUT2D eigenvalue weighted by Gasteiger charge is -2.32. The van der Waals surface area contributed by atoms with Gasteiger partial charge in [-0.1, -0.05) is 23.7 Å². The van der Waals surface area contributed by atoms with Gasteiger partial charge in [-0.25, -0.2) is 0 Å². The van der Waals surface area contributed by atoms with E-state index in [1.807, 2.05) is 40.7 Å². The van der Waals surface area contributed by atoms with Crippen LogP contribution in [0.5, 0.6) is 0 Å². The number of rotatable bonds is 2. The molecule has 0 aromatic heterocycles. The number of carbonyl (C=O) groups excluding carboxylic acids is 1. The van der Waals surface area contributed by atoms with E-state index in [1.54, 1.807) is 6.07 Å². The molecule has 0 amide bonds. The molecule has 1 aromatic rings. The Bertz CT molecular complexity index is 510. The summed E-state index contributed by atoms with van der Waals surface area (Å²) in [5.41, 5.74) is 1.12. The maximum atomic E-state index is 11.2. The van der Waals surface area contributed by atoms with Gasteiger partial charge in [-0.15, -0.1) is 0 Å². The predicted molar refractivity (Wildman–Crippen MR) is 77.3 cm³/mol. The summed E-state index contributed by atoms with van der Waals surface area (Å²) in [5.74, 6) is 0. The van der Waals surface area contributed by atoms with Crippen molar-refractivity contribution in [1.82, 2.24) is 0 Å². The van der Waals surface area contributed by atoms with Crippen LogP contribution in [0.2, 0.25) is 5.02 Å². The SMILES string of the molecule is Cc1ccc(C=O)c(B2OC(C)(C)C(C)(C)O2)c1Cl. The highest BCUT2D eigenvalue weighted by Crippen LogP contribution is 2.37. The van der Waals surface area contributed by atoms with Crippen molar-refractivity contribution in [2.75, 3.05) is 0 Å². The van der Waals surface area contributed by atoms with Crippen molar-refractivity contribution >= 4 is 30.5 Å². The molecule has 1 aliphatic rings. The summed E-state index contributed by atoms with van der Waals surface area (Å²) in [5, 5.41) is 0.531. The summed E-state index contributed by atoms with van der Waals surface area (Å²) in [6.45, 7) is 9.77. The first-order valence-electron chi connectivity index (χ1n) is 6.29. The van der Waals surface area contributed by atoms with Gasteiger partial charge in [0.15, 0.2) is 0 Å². The van der Waals surface area contributed by atoms with Crippen LogP contribution in [0, 0.1) is 6.92 Å². The normalized spacial score (nSPS) is 20.6.